The van der Waals surface area contributed by atoms with Crippen LogP contribution in [-0.4, -0.2) is 12.1 Å². The molecule has 2 atom stereocenters. The molecule has 1 fully saturated rings. The molecule has 2 heteroatoms. The number of carbonyl (C=O) groups excluding carboxylic acids is 1. The lowest BCUT2D eigenvalue weighted by molar-refractivity contribution is -0.154. The van der Waals surface area contributed by atoms with Gasteiger partial charge in [0.15, 0.2) is 0 Å². The number of rotatable bonds is 1. The largest absolute Gasteiger partial charge is 0.462 e. The molecule has 0 aliphatic heterocycles. The molecule has 0 aromatic heterocycles. The molecule has 2 rings (SSSR count). The van der Waals surface area contributed by atoms with E-state index in [4.69, 9.17) is 4.74 Å². The Morgan fingerprint density at radius 3 is 2.76 bits per heavy atom. The summed E-state index contributed by atoms with van der Waals surface area (Å²) in [6.45, 7) is 8.22. The molecule has 1 saturated carbocycles. The van der Waals surface area contributed by atoms with Crippen LogP contribution in [0.15, 0.2) is 23.8 Å². The fourth-order valence-corrected chi connectivity index (χ4v) is 3.42. The molecule has 0 radical (unpaired) electrons. The van der Waals surface area contributed by atoms with Crippen LogP contribution in [0.1, 0.15) is 47.0 Å². The van der Waals surface area contributed by atoms with Crippen LogP contribution in [0.25, 0.3) is 0 Å². The molecule has 2 nitrogen and oxygen atoms in total. The summed E-state index contributed by atoms with van der Waals surface area (Å²) in [6, 6.07) is 0. The van der Waals surface area contributed by atoms with Gasteiger partial charge in [0.25, 0.3) is 0 Å². The number of ether oxygens (including phenoxy) is 1. The summed E-state index contributed by atoms with van der Waals surface area (Å²) in [5, 5.41) is 0. The van der Waals surface area contributed by atoms with Crippen molar-refractivity contribution in [3.05, 3.63) is 23.8 Å². The fourth-order valence-electron chi connectivity index (χ4n) is 3.42. The van der Waals surface area contributed by atoms with Crippen molar-refractivity contribution in [1.82, 2.24) is 0 Å². The lowest BCUT2D eigenvalue weighted by Crippen LogP contribution is -2.46. The molecular weight excluding hydrogens is 212 g/mol. The number of carbonyl (C=O) groups is 1. The van der Waals surface area contributed by atoms with Crippen LogP contribution in [-0.2, 0) is 9.53 Å². The third-order valence-corrected chi connectivity index (χ3v) is 4.38. The zero-order chi connectivity index (χ0) is 12.7. The first-order valence-corrected chi connectivity index (χ1v) is 6.41. The summed E-state index contributed by atoms with van der Waals surface area (Å²) in [5.41, 5.74) is 1.64. The second kappa shape index (κ2) is 4.01. The minimum atomic E-state index is -0.168. The van der Waals surface area contributed by atoms with Crippen molar-refractivity contribution >= 4 is 5.97 Å². The van der Waals surface area contributed by atoms with Crippen LogP contribution in [0.3, 0.4) is 0 Å². The van der Waals surface area contributed by atoms with Crippen molar-refractivity contribution < 1.29 is 9.53 Å². The number of esters is 1. The van der Waals surface area contributed by atoms with Crippen LogP contribution in [0.2, 0.25) is 0 Å². The Morgan fingerprint density at radius 2 is 2.12 bits per heavy atom. The van der Waals surface area contributed by atoms with Gasteiger partial charge in [-0.25, -0.2) is 0 Å². The zero-order valence-corrected chi connectivity index (χ0v) is 11.2. The maximum Gasteiger partial charge on any atom is 0.302 e. The first kappa shape index (κ1) is 12.4. The van der Waals surface area contributed by atoms with E-state index in [1.54, 1.807) is 0 Å². The molecule has 0 N–H and O–H groups in total. The predicted molar refractivity (Wildman–Crippen MR) is 68.5 cm³/mol. The third kappa shape index (κ3) is 2.05. The fraction of sp³-hybridized carbons (Fsp3) is 0.667. The smallest absolute Gasteiger partial charge is 0.302 e. The van der Waals surface area contributed by atoms with Gasteiger partial charge in [0.05, 0.1) is 0 Å². The van der Waals surface area contributed by atoms with Gasteiger partial charge in [-0.3, -0.25) is 4.79 Å². The van der Waals surface area contributed by atoms with Crippen molar-refractivity contribution in [2.45, 2.75) is 53.1 Å². The van der Waals surface area contributed by atoms with E-state index in [9.17, 15) is 4.79 Å². The predicted octanol–water partition coefficient (Wildman–Crippen LogP) is 3.63. The van der Waals surface area contributed by atoms with E-state index >= 15 is 0 Å². The van der Waals surface area contributed by atoms with E-state index in [1.165, 1.54) is 12.5 Å². The number of hydrogen-bond acceptors (Lipinski definition) is 2. The highest BCUT2D eigenvalue weighted by Crippen LogP contribution is 2.54. The molecule has 0 aromatic carbocycles. The highest BCUT2D eigenvalue weighted by atomic mass is 16.5. The van der Waals surface area contributed by atoms with Crippen molar-refractivity contribution in [3.63, 3.8) is 0 Å². The summed E-state index contributed by atoms with van der Waals surface area (Å²) in [7, 11) is 0. The normalized spacial score (nSPS) is 34.8. The van der Waals surface area contributed by atoms with Gasteiger partial charge in [0.2, 0.25) is 0 Å². The minimum Gasteiger partial charge on any atom is -0.462 e. The maximum atomic E-state index is 11.2. The molecule has 2 aliphatic rings. The van der Waals surface area contributed by atoms with Gasteiger partial charge in [-0.05, 0) is 24.7 Å². The molecule has 0 aromatic rings. The van der Waals surface area contributed by atoms with E-state index in [2.05, 4.69) is 39.0 Å². The maximum absolute atomic E-state index is 11.2. The molecule has 0 saturated heterocycles. The van der Waals surface area contributed by atoms with Gasteiger partial charge in [-0.1, -0.05) is 44.6 Å². The SMILES string of the molecule is CC(=O)O[C@@H]1CC[C@@]2(C)CC=CC=C2C1(C)C. The Morgan fingerprint density at radius 1 is 1.41 bits per heavy atom. The van der Waals surface area contributed by atoms with Gasteiger partial charge in [-0.2, -0.15) is 0 Å². The van der Waals surface area contributed by atoms with E-state index in [1.807, 2.05) is 0 Å². The topological polar surface area (TPSA) is 26.3 Å². The lowest BCUT2D eigenvalue weighted by Gasteiger charge is -2.50. The Balaban J connectivity index is 2.32. The first-order chi connectivity index (χ1) is 7.86. The Labute approximate surface area is 104 Å². The second-order valence-corrected chi connectivity index (χ2v) is 6.13. The van der Waals surface area contributed by atoms with Gasteiger partial charge in [-0.15, -0.1) is 0 Å². The van der Waals surface area contributed by atoms with Gasteiger partial charge in [0.1, 0.15) is 6.10 Å². The molecule has 0 spiro atoms. The van der Waals surface area contributed by atoms with Gasteiger partial charge < -0.3 is 4.74 Å². The number of fused-ring (bicyclic) bond motifs is 1. The molecule has 0 amide bonds. The van der Waals surface area contributed by atoms with Crippen LogP contribution >= 0.6 is 0 Å². The quantitative estimate of drug-likeness (QED) is 0.648. The Hall–Kier alpha value is -1.05. The first-order valence-electron chi connectivity index (χ1n) is 6.41. The summed E-state index contributed by atoms with van der Waals surface area (Å²) < 4.78 is 5.50. The van der Waals surface area contributed by atoms with Gasteiger partial charge >= 0.3 is 5.97 Å². The average Bonchev–Trinajstić information content (AvgIpc) is 2.22. The lowest BCUT2D eigenvalue weighted by atomic mass is 9.57. The van der Waals surface area contributed by atoms with Crippen molar-refractivity contribution in [3.8, 4) is 0 Å². The minimum absolute atomic E-state index is 0.0193. The molecule has 94 valence electrons. The summed E-state index contributed by atoms with van der Waals surface area (Å²) in [4.78, 5) is 11.2. The van der Waals surface area contributed by atoms with Crippen LogP contribution in [0.5, 0.6) is 0 Å². The highest BCUT2D eigenvalue weighted by Gasteiger charge is 2.48. The molecule has 17 heavy (non-hydrogen) atoms. The second-order valence-electron chi connectivity index (χ2n) is 6.13. The Kier molecular flexibility index (Phi) is 2.92. The molecule has 0 bridgehead atoms. The molecule has 0 unspecified atom stereocenters. The van der Waals surface area contributed by atoms with Crippen LogP contribution in [0.4, 0.5) is 0 Å². The van der Waals surface area contributed by atoms with Crippen LogP contribution in [0, 0.1) is 10.8 Å². The standard InChI is InChI=1S/C15H22O2/c1-11(16)17-13-8-10-15(4)9-6-5-7-12(15)14(13,2)3/h5-7,13H,8-10H2,1-4H3/t13-,15-/m1/s1. The zero-order valence-electron chi connectivity index (χ0n) is 11.2. The van der Waals surface area contributed by atoms with Crippen molar-refractivity contribution in [2.75, 3.05) is 0 Å². The summed E-state index contributed by atoms with van der Waals surface area (Å²) in [5.74, 6) is -0.168. The average molecular weight is 234 g/mol. The molecule has 2 aliphatic carbocycles. The summed E-state index contributed by atoms with van der Waals surface area (Å²) in [6.07, 6.45) is 9.79. The van der Waals surface area contributed by atoms with Crippen molar-refractivity contribution in [2.24, 2.45) is 10.8 Å². The van der Waals surface area contributed by atoms with E-state index in [-0.39, 0.29) is 22.9 Å². The third-order valence-electron chi connectivity index (χ3n) is 4.38. The van der Waals surface area contributed by atoms with Gasteiger partial charge in [0, 0.05) is 12.3 Å². The van der Waals surface area contributed by atoms with E-state index < -0.39 is 0 Å². The van der Waals surface area contributed by atoms with Crippen molar-refractivity contribution in [1.29, 1.82) is 0 Å². The monoisotopic (exact) mass is 234 g/mol. The van der Waals surface area contributed by atoms with E-state index in [0.717, 1.165) is 19.3 Å². The van der Waals surface area contributed by atoms with E-state index in [0.29, 0.717) is 0 Å². The highest BCUT2D eigenvalue weighted by molar-refractivity contribution is 5.66. The Bertz CT molecular complexity index is 390. The van der Waals surface area contributed by atoms with Crippen LogP contribution < -0.4 is 0 Å². The molecule has 0 heterocycles. The number of allylic oxidation sites excluding steroid dienone is 3. The summed E-state index contributed by atoms with van der Waals surface area (Å²) >= 11 is 0. The molecular formula is C15H22O2. The number of hydrogen-bond donors (Lipinski definition) is 0.